The molecule has 1 fully saturated rings. The molecule has 3 heterocycles. The average Bonchev–Trinajstić information content (AvgIpc) is 3.13. The fraction of sp³-hybridized carbons (Fsp3) is 0.333. The zero-order valence-corrected chi connectivity index (χ0v) is 17.1. The van der Waals surface area contributed by atoms with Crippen molar-refractivity contribution in [1.29, 1.82) is 0 Å². The molecular formula is C21H22FN5O3. The van der Waals surface area contributed by atoms with E-state index in [9.17, 15) is 14.0 Å². The van der Waals surface area contributed by atoms with Crippen molar-refractivity contribution < 1.29 is 18.7 Å². The number of aromatic nitrogens is 3. The molecule has 1 aliphatic rings. The third-order valence-electron chi connectivity index (χ3n) is 5.13. The fourth-order valence-corrected chi connectivity index (χ4v) is 3.81. The molecule has 1 aliphatic heterocycles. The first-order valence-electron chi connectivity index (χ1n) is 9.69. The van der Waals surface area contributed by atoms with Crippen LogP contribution in [0.25, 0.3) is 10.9 Å². The van der Waals surface area contributed by atoms with Crippen molar-refractivity contribution in [3.8, 4) is 0 Å². The highest BCUT2D eigenvalue weighted by molar-refractivity contribution is 6.08. The second-order valence-electron chi connectivity index (χ2n) is 7.20. The Kier molecular flexibility index (Phi) is 5.11. The quantitative estimate of drug-likeness (QED) is 0.614. The summed E-state index contributed by atoms with van der Waals surface area (Å²) in [5.41, 5.74) is 2.65. The number of pyridine rings is 1. The lowest BCUT2D eigenvalue weighted by atomic mass is 10.0. The number of rotatable bonds is 4. The van der Waals surface area contributed by atoms with Gasteiger partial charge < -0.3 is 14.5 Å². The highest BCUT2D eigenvalue weighted by Gasteiger charge is 2.30. The van der Waals surface area contributed by atoms with Crippen molar-refractivity contribution in [2.24, 2.45) is 7.05 Å². The van der Waals surface area contributed by atoms with Gasteiger partial charge in [0, 0.05) is 37.9 Å². The van der Waals surface area contributed by atoms with E-state index in [0.29, 0.717) is 40.9 Å². The van der Waals surface area contributed by atoms with E-state index < -0.39 is 11.8 Å². The van der Waals surface area contributed by atoms with Crippen LogP contribution in [0.4, 0.5) is 15.8 Å². The number of anilines is 2. The first-order chi connectivity index (χ1) is 14.4. The summed E-state index contributed by atoms with van der Waals surface area (Å²) in [4.78, 5) is 33.3. The van der Waals surface area contributed by atoms with Gasteiger partial charge in [0.2, 0.25) is 5.91 Å². The Labute approximate surface area is 172 Å². The van der Waals surface area contributed by atoms with Crippen molar-refractivity contribution in [3.63, 3.8) is 0 Å². The summed E-state index contributed by atoms with van der Waals surface area (Å²) < 4.78 is 21.1. The number of piperazine rings is 1. The standard InChI is InChI=1S/C21H22FN5O3/c1-4-30-21(29)17-10-23-19-13(2)7-14(22)8-16(19)20(17)26-5-6-27(18(28)12-26)15-9-24-25(3)11-15/h7-11H,4-6,12H2,1-3H3. The third kappa shape index (κ3) is 3.47. The minimum Gasteiger partial charge on any atom is -0.462 e. The van der Waals surface area contributed by atoms with Crippen molar-refractivity contribution in [1.82, 2.24) is 14.8 Å². The summed E-state index contributed by atoms with van der Waals surface area (Å²) in [5, 5.41) is 4.61. The monoisotopic (exact) mass is 411 g/mol. The van der Waals surface area contributed by atoms with E-state index in [-0.39, 0.29) is 24.6 Å². The summed E-state index contributed by atoms with van der Waals surface area (Å²) >= 11 is 0. The van der Waals surface area contributed by atoms with Crippen LogP contribution >= 0.6 is 0 Å². The van der Waals surface area contributed by atoms with E-state index in [0.717, 1.165) is 0 Å². The van der Waals surface area contributed by atoms with Crippen LogP contribution in [0, 0.1) is 12.7 Å². The topological polar surface area (TPSA) is 80.6 Å². The van der Waals surface area contributed by atoms with Crippen molar-refractivity contribution in [2.45, 2.75) is 13.8 Å². The Morgan fingerprint density at radius 3 is 2.73 bits per heavy atom. The molecule has 9 heteroatoms. The van der Waals surface area contributed by atoms with Crippen LogP contribution in [0.5, 0.6) is 0 Å². The van der Waals surface area contributed by atoms with Crippen LogP contribution in [-0.4, -0.2) is 52.9 Å². The molecule has 1 amide bonds. The molecule has 0 aliphatic carbocycles. The number of hydrogen-bond acceptors (Lipinski definition) is 6. The Hall–Kier alpha value is -3.49. The second kappa shape index (κ2) is 7.74. The molecule has 4 rings (SSSR count). The molecule has 1 saturated heterocycles. The van der Waals surface area contributed by atoms with Gasteiger partial charge in [-0.05, 0) is 31.5 Å². The zero-order chi connectivity index (χ0) is 21.4. The lowest BCUT2D eigenvalue weighted by Gasteiger charge is -2.36. The van der Waals surface area contributed by atoms with Crippen LogP contribution in [0.3, 0.4) is 0 Å². The molecule has 0 bridgehead atoms. The summed E-state index contributed by atoms with van der Waals surface area (Å²) in [6, 6.07) is 2.75. The van der Waals surface area contributed by atoms with Gasteiger partial charge in [-0.15, -0.1) is 0 Å². The van der Waals surface area contributed by atoms with Crippen LogP contribution in [-0.2, 0) is 16.6 Å². The van der Waals surface area contributed by atoms with Gasteiger partial charge in [0.05, 0.1) is 36.2 Å². The number of carbonyl (C=O) groups excluding carboxylic acids is 2. The van der Waals surface area contributed by atoms with Gasteiger partial charge in [0.1, 0.15) is 11.4 Å². The van der Waals surface area contributed by atoms with Crippen molar-refractivity contribution >= 4 is 34.2 Å². The van der Waals surface area contributed by atoms with E-state index in [4.69, 9.17) is 4.74 Å². The minimum absolute atomic E-state index is 0.0377. The molecule has 8 nitrogen and oxygen atoms in total. The zero-order valence-electron chi connectivity index (χ0n) is 17.1. The number of amides is 1. The predicted molar refractivity (Wildman–Crippen MR) is 110 cm³/mol. The van der Waals surface area contributed by atoms with Gasteiger partial charge in [-0.2, -0.15) is 5.10 Å². The van der Waals surface area contributed by atoms with Gasteiger partial charge in [0.15, 0.2) is 0 Å². The van der Waals surface area contributed by atoms with Gasteiger partial charge in [-0.3, -0.25) is 14.5 Å². The maximum absolute atomic E-state index is 14.2. The largest absolute Gasteiger partial charge is 0.462 e. The Morgan fingerprint density at radius 2 is 2.07 bits per heavy atom. The van der Waals surface area contributed by atoms with Crippen molar-refractivity contribution in [3.05, 3.63) is 47.7 Å². The molecule has 156 valence electrons. The molecule has 30 heavy (non-hydrogen) atoms. The molecule has 0 N–H and O–H groups in total. The Morgan fingerprint density at radius 1 is 1.27 bits per heavy atom. The van der Waals surface area contributed by atoms with Crippen LogP contribution in [0.2, 0.25) is 0 Å². The molecule has 0 atom stereocenters. The SMILES string of the molecule is CCOC(=O)c1cnc2c(C)cc(F)cc2c1N1CCN(c2cnn(C)c2)C(=O)C1. The van der Waals surface area contributed by atoms with Gasteiger partial charge in [-0.1, -0.05) is 0 Å². The van der Waals surface area contributed by atoms with Gasteiger partial charge >= 0.3 is 5.97 Å². The van der Waals surface area contributed by atoms with Crippen LogP contribution < -0.4 is 9.80 Å². The number of esters is 1. The van der Waals surface area contributed by atoms with Gasteiger partial charge in [0.25, 0.3) is 0 Å². The summed E-state index contributed by atoms with van der Waals surface area (Å²) in [5.74, 6) is -1.11. The predicted octanol–water partition coefficient (Wildman–Crippen LogP) is 2.45. The normalized spacial score (nSPS) is 14.5. The molecule has 1 aromatic carbocycles. The lowest BCUT2D eigenvalue weighted by molar-refractivity contribution is -0.117. The van der Waals surface area contributed by atoms with Crippen LogP contribution in [0.15, 0.2) is 30.7 Å². The lowest BCUT2D eigenvalue weighted by Crippen LogP contribution is -2.51. The third-order valence-corrected chi connectivity index (χ3v) is 5.13. The first-order valence-corrected chi connectivity index (χ1v) is 9.69. The molecule has 2 aromatic heterocycles. The summed E-state index contributed by atoms with van der Waals surface area (Å²) in [6.07, 6.45) is 4.86. The highest BCUT2D eigenvalue weighted by atomic mass is 19.1. The Bertz CT molecular complexity index is 1140. The molecule has 0 unspecified atom stereocenters. The average molecular weight is 411 g/mol. The molecule has 3 aromatic rings. The highest BCUT2D eigenvalue weighted by Crippen LogP contribution is 2.33. The number of halogens is 1. The van der Waals surface area contributed by atoms with Crippen LogP contribution in [0.1, 0.15) is 22.8 Å². The second-order valence-corrected chi connectivity index (χ2v) is 7.20. The van der Waals surface area contributed by atoms with E-state index in [1.54, 1.807) is 47.8 Å². The first kappa shape index (κ1) is 19.8. The number of hydrogen-bond donors (Lipinski definition) is 0. The number of carbonyl (C=O) groups is 2. The molecule has 0 radical (unpaired) electrons. The van der Waals surface area contributed by atoms with Crippen molar-refractivity contribution in [2.75, 3.05) is 36.0 Å². The van der Waals surface area contributed by atoms with Gasteiger partial charge in [-0.25, -0.2) is 9.18 Å². The summed E-state index contributed by atoms with van der Waals surface area (Å²) in [7, 11) is 1.79. The number of benzene rings is 1. The number of aryl methyl sites for hydroxylation is 2. The summed E-state index contributed by atoms with van der Waals surface area (Å²) in [6.45, 7) is 4.58. The van der Waals surface area contributed by atoms with E-state index in [1.165, 1.54) is 18.3 Å². The maximum atomic E-state index is 14.2. The van der Waals surface area contributed by atoms with E-state index >= 15 is 0 Å². The fourth-order valence-electron chi connectivity index (χ4n) is 3.81. The van der Waals surface area contributed by atoms with E-state index in [2.05, 4.69) is 10.1 Å². The molecule has 0 spiro atoms. The Balaban J connectivity index is 1.78. The number of fused-ring (bicyclic) bond motifs is 1. The number of ether oxygens (including phenoxy) is 1. The molecule has 0 saturated carbocycles. The minimum atomic E-state index is -0.550. The van der Waals surface area contributed by atoms with E-state index in [1.807, 2.05) is 0 Å². The number of nitrogens with zero attached hydrogens (tertiary/aromatic N) is 5. The smallest absolute Gasteiger partial charge is 0.341 e. The maximum Gasteiger partial charge on any atom is 0.341 e. The molecular weight excluding hydrogens is 389 g/mol.